The average Bonchev–Trinajstić information content (AvgIpc) is 2.57. The Labute approximate surface area is 132 Å². The molecular formula is C18H22N2O2. The number of allylic oxidation sites excluding steroid dienone is 2. The lowest BCUT2D eigenvalue weighted by molar-refractivity contribution is -0.123. The Bertz CT molecular complexity index is 548. The highest BCUT2D eigenvalue weighted by molar-refractivity contribution is 5.15. The van der Waals surface area contributed by atoms with Crippen LogP contribution in [0.1, 0.15) is 19.4 Å². The number of benzene rings is 1. The second kappa shape index (κ2) is 8.38. The summed E-state index contributed by atoms with van der Waals surface area (Å²) in [6, 6.07) is 12.1. The largest absolute Gasteiger partial charge is 0.469 e. The van der Waals surface area contributed by atoms with Crippen LogP contribution in [0.25, 0.3) is 0 Å². The molecule has 0 aliphatic carbocycles. The van der Waals surface area contributed by atoms with Gasteiger partial charge in [0.2, 0.25) is 6.29 Å². The molecule has 1 heterocycles. The van der Waals surface area contributed by atoms with Gasteiger partial charge in [0, 0.05) is 12.5 Å². The number of rotatable bonds is 7. The zero-order chi connectivity index (χ0) is 15.8. The van der Waals surface area contributed by atoms with Gasteiger partial charge in [-0.1, -0.05) is 43.3 Å². The molecule has 1 aliphatic heterocycles. The van der Waals surface area contributed by atoms with Crippen molar-refractivity contribution in [3.8, 4) is 6.07 Å². The van der Waals surface area contributed by atoms with E-state index in [-0.39, 0.29) is 24.4 Å². The predicted molar refractivity (Wildman–Crippen MR) is 85.5 cm³/mol. The molecule has 0 amide bonds. The fourth-order valence-corrected chi connectivity index (χ4v) is 2.23. The molecule has 0 saturated carbocycles. The van der Waals surface area contributed by atoms with E-state index in [1.807, 2.05) is 62.4 Å². The first-order valence-corrected chi connectivity index (χ1v) is 7.52. The molecule has 1 aliphatic rings. The smallest absolute Gasteiger partial charge is 0.219 e. The van der Waals surface area contributed by atoms with E-state index in [2.05, 4.69) is 11.4 Å². The maximum absolute atomic E-state index is 9.40. The molecule has 1 N–H and O–H groups in total. The van der Waals surface area contributed by atoms with Crippen molar-refractivity contribution in [1.29, 1.82) is 5.26 Å². The van der Waals surface area contributed by atoms with Gasteiger partial charge < -0.3 is 9.47 Å². The van der Waals surface area contributed by atoms with Gasteiger partial charge >= 0.3 is 0 Å². The van der Waals surface area contributed by atoms with Gasteiger partial charge in [0.1, 0.15) is 6.04 Å². The molecule has 1 aromatic carbocycles. The molecule has 0 aromatic heterocycles. The molecule has 116 valence electrons. The number of nitrogens with zero attached hydrogens (tertiary/aromatic N) is 1. The molecule has 2 rings (SSSR count). The zero-order valence-electron chi connectivity index (χ0n) is 13.0. The van der Waals surface area contributed by atoms with Crippen LogP contribution in [0.15, 0.2) is 54.8 Å². The highest BCUT2D eigenvalue weighted by Gasteiger charge is 2.25. The summed E-state index contributed by atoms with van der Waals surface area (Å²) < 4.78 is 11.2. The van der Waals surface area contributed by atoms with Crippen molar-refractivity contribution in [1.82, 2.24) is 5.32 Å². The van der Waals surface area contributed by atoms with E-state index in [1.54, 1.807) is 6.26 Å². The normalized spacial score (nSPS) is 20.7. The fraction of sp³-hybridized carbons (Fsp3) is 0.389. The summed E-state index contributed by atoms with van der Waals surface area (Å²) in [6.07, 6.45) is 6.68. The minimum absolute atomic E-state index is 0.0385. The number of hydrogen-bond acceptors (Lipinski definition) is 4. The summed E-state index contributed by atoms with van der Waals surface area (Å²) in [4.78, 5) is 0. The standard InChI is InChI=1S/C18H22N2O2/c1-14(15(2)22-18-10-6-7-11-21-18)17(12-19)20-13-16-8-4-3-5-9-16/h3-11,14-15,17-18,20H,13H2,1-2H3/t14?,15-,17-,18+/m0/s1. The molecule has 4 nitrogen and oxygen atoms in total. The van der Waals surface area contributed by atoms with E-state index in [4.69, 9.17) is 9.47 Å². The van der Waals surface area contributed by atoms with Crippen molar-refractivity contribution in [3.05, 3.63) is 60.4 Å². The highest BCUT2D eigenvalue weighted by atomic mass is 16.7. The molecule has 0 fully saturated rings. The zero-order valence-corrected chi connectivity index (χ0v) is 13.0. The molecule has 0 spiro atoms. The quantitative estimate of drug-likeness (QED) is 0.840. The SMILES string of the molecule is CC([C@H](C#N)NCc1ccccc1)[C@H](C)O[C@@H]1C=CC=CO1. The predicted octanol–water partition coefficient (Wildman–Crippen LogP) is 3.14. The molecule has 4 heteroatoms. The third-order valence-corrected chi connectivity index (χ3v) is 3.79. The summed E-state index contributed by atoms with van der Waals surface area (Å²) in [5.41, 5.74) is 1.16. The van der Waals surface area contributed by atoms with Crippen molar-refractivity contribution < 1.29 is 9.47 Å². The van der Waals surface area contributed by atoms with Gasteiger partial charge in [-0.3, -0.25) is 5.32 Å². The van der Waals surface area contributed by atoms with Crippen molar-refractivity contribution in [3.63, 3.8) is 0 Å². The van der Waals surface area contributed by atoms with Crippen molar-refractivity contribution >= 4 is 0 Å². The van der Waals surface area contributed by atoms with E-state index >= 15 is 0 Å². The molecule has 0 radical (unpaired) electrons. The summed E-state index contributed by atoms with van der Waals surface area (Å²) in [5.74, 6) is 0.0385. The summed E-state index contributed by atoms with van der Waals surface area (Å²) in [5, 5.41) is 12.7. The van der Waals surface area contributed by atoms with Crippen LogP contribution in [0, 0.1) is 17.2 Å². The van der Waals surface area contributed by atoms with E-state index in [0.29, 0.717) is 6.54 Å². The monoisotopic (exact) mass is 298 g/mol. The Hall–Kier alpha value is -2.09. The van der Waals surface area contributed by atoms with Crippen LogP contribution in [-0.2, 0) is 16.0 Å². The maximum atomic E-state index is 9.40. The number of hydrogen-bond donors (Lipinski definition) is 1. The third-order valence-electron chi connectivity index (χ3n) is 3.79. The Morgan fingerprint density at radius 3 is 2.68 bits per heavy atom. The number of ether oxygens (including phenoxy) is 2. The van der Waals surface area contributed by atoms with E-state index in [9.17, 15) is 5.26 Å². The molecule has 4 atom stereocenters. The van der Waals surface area contributed by atoms with Crippen LogP contribution in [-0.4, -0.2) is 18.4 Å². The van der Waals surface area contributed by atoms with E-state index in [1.165, 1.54) is 0 Å². The first-order valence-electron chi connectivity index (χ1n) is 7.52. The Balaban J connectivity index is 1.85. The van der Waals surface area contributed by atoms with Gasteiger partial charge in [-0.05, 0) is 24.6 Å². The van der Waals surface area contributed by atoms with Crippen LogP contribution < -0.4 is 5.32 Å². The Morgan fingerprint density at radius 1 is 1.27 bits per heavy atom. The van der Waals surface area contributed by atoms with Gasteiger partial charge in [0.25, 0.3) is 0 Å². The first-order chi connectivity index (χ1) is 10.7. The van der Waals surface area contributed by atoms with Crippen molar-refractivity contribution in [2.24, 2.45) is 5.92 Å². The lowest BCUT2D eigenvalue weighted by Crippen LogP contribution is -2.40. The van der Waals surface area contributed by atoms with Crippen molar-refractivity contribution in [2.75, 3.05) is 0 Å². The highest BCUT2D eigenvalue weighted by Crippen LogP contribution is 2.16. The maximum Gasteiger partial charge on any atom is 0.219 e. The second-order valence-corrected chi connectivity index (χ2v) is 5.39. The second-order valence-electron chi connectivity index (χ2n) is 5.39. The average molecular weight is 298 g/mol. The van der Waals surface area contributed by atoms with Crippen LogP contribution in [0.5, 0.6) is 0 Å². The molecule has 1 aromatic rings. The summed E-state index contributed by atoms with van der Waals surface area (Å²) in [7, 11) is 0. The van der Waals surface area contributed by atoms with Crippen molar-refractivity contribution in [2.45, 2.75) is 38.8 Å². The van der Waals surface area contributed by atoms with E-state index in [0.717, 1.165) is 5.56 Å². The first kappa shape index (κ1) is 16.3. The Morgan fingerprint density at radius 2 is 2.05 bits per heavy atom. The third kappa shape index (κ3) is 4.73. The van der Waals surface area contributed by atoms with Crippen LogP contribution >= 0.6 is 0 Å². The van der Waals surface area contributed by atoms with Gasteiger partial charge in [-0.15, -0.1) is 0 Å². The summed E-state index contributed by atoms with van der Waals surface area (Å²) >= 11 is 0. The number of nitrogens with one attached hydrogen (secondary N) is 1. The minimum Gasteiger partial charge on any atom is -0.469 e. The lowest BCUT2D eigenvalue weighted by atomic mass is 9.97. The molecule has 22 heavy (non-hydrogen) atoms. The van der Waals surface area contributed by atoms with Gasteiger partial charge in [-0.25, -0.2) is 0 Å². The molecule has 1 unspecified atom stereocenters. The van der Waals surface area contributed by atoms with Gasteiger partial charge in [0.15, 0.2) is 0 Å². The lowest BCUT2D eigenvalue weighted by Gasteiger charge is -2.28. The number of nitriles is 1. The van der Waals surface area contributed by atoms with Crippen LogP contribution in [0.3, 0.4) is 0 Å². The van der Waals surface area contributed by atoms with Gasteiger partial charge in [-0.2, -0.15) is 5.26 Å². The van der Waals surface area contributed by atoms with E-state index < -0.39 is 0 Å². The fourth-order valence-electron chi connectivity index (χ4n) is 2.23. The molecular weight excluding hydrogens is 276 g/mol. The molecule has 0 saturated heterocycles. The Kier molecular flexibility index (Phi) is 6.20. The topological polar surface area (TPSA) is 54.3 Å². The summed E-state index contributed by atoms with van der Waals surface area (Å²) in [6.45, 7) is 4.65. The van der Waals surface area contributed by atoms with Gasteiger partial charge in [0.05, 0.1) is 18.4 Å². The van der Waals surface area contributed by atoms with Crippen LogP contribution in [0.2, 0.25) is 0 Å². The minimum atomic E-state index is -0.379. The molecule has 0 bridgehead atoms. The van der Waals surface area contributed by atoms with Crippen LogP contribution in [0.4, 0.5) is 0 Å².